The van der Waals surface area contributed by atoms with E-state index in [1.165, 1.54) is 25.7 Å². The first-order valence-corrected chi connectivity index (χ1v) is 8.71. The molecule has 0 saturated heterocycles. The van der Waals surface area contributed by atoms with Crippen molar-refractivity contribution >= 4 is 5.96 Å². The van der Waals surface area contributed by atoms with Crippen LogP contribution in [-0.4, -0.2) is 52.5 Å². The second kappa shape index (κ2) is 11.7. The number of rotatable bonds is 9. The highest BCUT2D eigenvalue weighted by molar-refractivity contribution is 5.79. The van der Waals surface area contributed by atoms with E-state index in [1.54, 1.807) is 7.11 Å². The zero-order chi connectivity index (χ0) is 16.2. The van der Waals surface area contributed by atoms with Gasteiger partial charge in [-0.25, -0.2) is 0 Å². The Labute approximate surface area is 136 Å². The van der Waals surface area contributed by atoms with Crippen molar-refractivity contribution in [3.63, 3.8) is 0 Å². The van der Waals surface area contributed by atoms with Gasteiger partial charge in [0.1, 0.15) is 0 Å². The SMILES string of the molecule is CN=C(NCCCOCCOC)NC1CCC(C(C)C)CC1. The average Bonchev–Trinajstić information content (AvgIpc) is 2.53. The summed E-state index contributed by atoms with van der Waals surface area (Å²) in [6.07, 6.45) is 6.15. The molecule has 0 aromatic carbocycles. The Hall–Kier alpha value is -0.810. The summed E-state index contributed by atoms with van der Waals surface area (Å²) < 4.78 is 10.4. The third-order valence-electron chi connectivity index (χ3n) is 4.47. The van der Waals surface area contributed by atoms with Crippen LogP contribution in [-0.2, 0) is 9.47 Å². The molecule has 0 unspecified atom stereocenters. The molecule has 0 amide bonds. The summed E-state index contributed by atoms with van der Waals surface area (Å²) >= 11 is 0. The first kappa shape index (κ1) is 19.2. The van der Waals surface area contributed by atoms with E-state index in [0.29, 0.717) is 19.3 Å². The normalized spacial score (nSPS) is 22.9. The van der Waals surface area contributed by atoms with Crippen LogP contribution in [0.1, 0.15) is 46.0 Å². The van der Waals surface area contributed by atoms with Crippen LogP contribution in [0.3, 0.4) is 0 Å². The lowest BCUT2D eigenvalue weighted by atomic mass is 9.80. The first-order chi connectivity index (χ1) is 10.7. The maximum absolute atomic E-state index is 5.45. The van der Waals surface area contributed by atoms with Gasteiger partial charge in [0.2, 0.25) is 0 Å². The molecule has 1 rings (SSSR count). The molecule has 0 aromatic heterocycles. The van der Waals surface area contributed by atoms with E-state index in [2.05, 4.69) is 29.5 Å². The van der Waals surface area contributed by atoms with Gasteiger partial charge < -0.3 is 20.1 Å². The highest BCUT2D eigenvalue weighted by atomic mass is 16.5. The van der Waals surface area contributed by atoms with Crippen molar-refractivity contribution in [3.8, 4) is 0 Å². The smallest absolute Gasteiger partial charge is 0.191 e. The zero-order valence-corrected chi connectivity index (χ0v) is 14.9. The quantitative estimate of drug-likeness (QED) is 0.390. The second-order valence-electron chi connectivity index (χ2n) is 6.46. The Balaban J connectivity index is 2.10. The number of hydrogen-bond donors (Lipinski definition) is 2. The van der Waals surface area contributed by atoms with Crippen molar-refractivity contribution in [1.82, 2.24) is 10.6 Å². The summed E-state index contributed by atoms with van der Waals surface area (Å²) in [4.78, 5) is 4.32. The lowest BCUT2D eigenvalue weighted by Crippen LogP contribution is -2.45. The highest BCUT2D eigenvalue weighted by Gasteiger charge is 2.23. The maximum Gasteiger partial charge on any atom is 0.191 e. The molecule has 0 aromatic rings. The molecule has 5 nitrogen and oxygen atoms in total. The fourth-order valence-electron chi connectivity index (χ4n) is 2.94. The van der Waals surface area contributed by atoms with Crippen LogP contribution in [0, 0.1) is 11.8 Å². The van der Waals surface area contributed by atoms with E-state index < -0.39 is 0 Å². The molecule has 0 aliphatic heterocycles. The van der Waals surface area contributed by atoms with E-state index in [9.17, 15) is 0 Å². The number of hydrogen-bond acceptors (Lipinski definition) is 3. The van der Waals surface area contributed by atoms with Crippen molar-refractivity contribution in [2.24, 2.45) is 16.8 Å². The van der Waals surface area contributed by atoms with Crippen molar-refractivity contribution in [2.45, 2.75) is 52.0 Å². The molecule has 0 atom stereocenters. The van der Waals surface area contributed by atoms with Crippen molar-refractivity contribution < 1.29 is 9.47 Å². The molecule has 22 heavy (non-hydrogen) atoms. The monoisotopic (exact) mass is 313 g/mol. The summed E-state index contributed by atoms with van der Waals surface area (Å²) in [5.74, 6) is 2.64. The fraction of sp³-hybridized carbons (Fsp3) is 0.941. The maximum atomic E-state index is 5.45. The molecular weight excluding hydrogens is 278 g/mol. The summed E-state index contributed by atoms with van der Waals surface area (Å²) in [6, 6.07) is 0.569. The number of ether oxygens (including phenoxy) is 2. The van der Waals surface area contributed by atoms with Gasteiger partial charge in [0.15, 0.2) is 5.96 Å². The number of methoxy groups -OCH3 is 1. The summed E-state index contributed by atoms with van der Waals surface area (Å²) in [5.41, 5.74) is 0. The summed E-state index contributed by atoms with van der Waals surface area (Å²) in [6.45, 7) is 7.65. The Kier molecular flexibility index (Phi) is 10.2. The molecule has 1 saturated carbocycles. The van der Waals surface area contributed by atoms with Crippen LogP contribution < -0.4 is 10.6 Å². The molecule has 0 radical (unpaired) electrons. The number of guanidine groups is 1. The van der Waals surface area contributed by atoms with Crippen LogP contribution >= 0.6 is 0 Å². The minimum Gasteiger partial charge on any atom is -0.382 e. The second-order valence-corrected chi connectivity index (χ2v) is 6.46. The molecule has 130 valence electrons. The Morgan fingerprint density at radius 3 is 2.45 bits per heavy atom. The molecule has 5 heteroatoms. The number of aliphatic imine (C=N–C) groups is 1. The molecule has 1 aliphatic carbocycles. The van der Waals surface area contributed by atoms with Gasteiger partial charge in [0.25, 0.3) is 0 Å². The molecule has 1 aliphatic rings. The molecule has 0 bridgehead atoms. The van der Waals surface area contributed by atoms with Gasteiger partial charge in [-0.2, -0.15) is 0 Å². The number of nitrogens with zero attached hydrogens (tertiary/aromatic N) is 1. The average molecular weight is 313 g/mol. The topological polar surface area (TPSA) is 54.9 Å². The van der Waals surface area contributed by atoms with Crippen LogP contribution in [0.25, 0.3) is 0 Å². The Morgan fingerprint density at radius 2 is 1.86 bits per heavy atom. The van der Waals surface area contributed by atoms with Crippen LogP contribution in [0.5, 0.6) is 0 Å². The highest BCUT2D eigenvalue weighted by Crippen LogP contribution is 2.29. The third kappa shape index (κ3) is 7.99. The predicted octanol–water partition coefficient (Wildman–Crippen LogP) is 2.42. The van der Waals surface area contributed by atoms with Gasteiger partial charge in [0, 0.05) is 33.4 Å². The predicted molar refractivity (Wildman–Crippen MR) is 92.4 cm³/mol. The lowest BCUT2D eigenvalue weighted by Gasteiger charge is -2.32. The van der Waals surface area contributed by atoms with Crippen molar-refractivity contribution in [2.75, 3.05) is 40.5 Å². The zero-order valence-electron chi connectivity index (χ0n) is 14.9. The molecule has 0 heterocycles. The van der Waals surface area contributed by atoms with Crippen LogP contribution in [0.2, 0.25) is 0 Å². The summed E-state index contributed by atoms with van der Waals surface area (Å²) in [7, 11) is 3.53. The molecular formula is C17H35N3O2. The Morgan fingerprint density at radius 1 is 1.14 bits per heavy atom. The molecule has 2 N–H and O–H groups in total. The third-order valence-corrected chi connectivity index (χ3v) is 4.47. The van der Waals surface area contributed by atoms with E-state index >= 15 is 0 Å². The largest absolute Gasteiger partial charge is 0.382 e. The van der Waals surface area contributed by atoms with Gasteiger partial charge in [-0.05, 0) is 43.9 Å². The fourth-order valence-corrected chi connectivity index (χ4v) is 2.94. The van der Waals surface area contributed by atoms with Gasteiger partial charge in [0.05, 0.1) is 13.2 Å². The van der Waals surface area contributed by atoms with Crippen LogP contribution in [0.4, 0.5) is 0 Å². The lowest BCUT2D eigenvalue weighted by molar-refractivity contribution is 0.0698. The van der Waals surface area contributed by atoms with E-state index in [-0.39, 0.29) is 0 Å². The van der Waals surface area contributed by atoms with E-state index in [4.69, 9.17) is 9.47 Å². The van der Waals surface area contributed by atoms with Gasteiger partial charge in [-0.15, -0.1) is 0 Å². The summed E-state index contributed by atoms with van der Waals surface area (Å²) in [5, 5.41) is 6.92. The van der Waals surface area contributed by atoms with E-state index in [0.717, 1.165) is 37.4 Å². The number of nitrogens with one attached hydrogen (secondary N) is 2. The molecule has 0 spiro atoms. The van der Waals surface area contributed by atoms with Crippen LogP contribution in [0.15, 0.2) is 4.99 Å². The van der Waals surface area contributed by atoms with E-state index in [1.807, 2.05) is 7.05 Å². The minimum absolute atomic E-state index is 0.569. The first-order valence-electron chi connectivity index (χ1n) is 8.71. The minimum atomic E-state index is 0.569. The van der Waals surface area contributed by atoms with Crippen molar-refractivity contribution in [1.29, 1.82) is 0 Å². The van der Waals surface area contributed by atoms with Gasteiger partial charge in [-0.1, -0.05) is 13.8 Å². The Bertz CT molecular complexity index is 300. The van der Waals surface area contributed by atoms with Crippen molar-refractivity contribution in [3.05, 3.63) is 0 Å². The standard InChI is InChI=1S/C17H35N3O2/c1-14(2)15-6-8-16(9-7-15)20-17(18-3)19-10-5-11-22-13-12-21-4/h14-16H,5-13H2,1-4H3,(H2,18,19,20). The van der Waals surface area contributed by atoms with Gasteiger partial charge in [-0.3, -0.25) is 4.99 Å². The van der Waals surface area contributed by atoms with Gasteiger partial charge >= 0.3 is 0 Å². The molecule has 1 fully saturated rings.